The smallest absolute Gasteiger partial charge is 0.228 e. The van der Waals surface area contributed by atoms with Gasteiger partial charge in [0, 0.05) is 54.6 Å². The Kier molecular flexibility index (Phi) is 7.39. The summed E-state index contributed by atoms with van der Waals surface area (Å²) in [6, 6.07) is 7.38. The molecule has 9 heteroatoms. The summed E-state index contributed by atoms with van der Waals surface area (Å²) in [4.78, 5) is 14.4. The summed E-state index contributed by atoms with van der Waals surface area (Å²) in [6.45, 7) is 3.55. The molecule has 2 N–H and O–H groups in total. The number of aryl methyl sites for hydroxylation is 1. The fourth-order valence-electron chi connectivity index (χ4n) is 2.52. The molecule has 2 heterocycles. The molecule has 0 saturated heterocycles. The van der Waals surface area contributed by atoms with Crippen molar-refractivity contribution >= 4 is 28.9 Å². The van der Waals surface area contributed by atoms with Gasteiger partial charge in [-0.15, -0.1) is 11.3 Å². The second-order valence-corrected chi connectivity index (χ2v) is 7.66. The van der Waals surface area contributed by atoms with E-state index in [0.717, 1.165) is 35.9 Å². The molecule has 0 aliphatic heterocycles. The minimum atomic E-state index is 0.537. The van der Waals surface area contributed by atoms with E-state index in [9.17, 15) is 0 Å². The number of hydrogen-bond acceptors (Lipinski definition) is 6. The van der Waals surface area contributed by atoms with Gasteiger partial charge in [-0.2, -0.15) is 4.98 Å². The van der Waals surface area contributed by atoms with E-state index in [1.54, 1.807) is 18.4 Å². The Hall–Kier alpha value is -2.45. The van der Waals surface area contributed by atoms with Gasteiger partial charge in [0.1, 0.15) is 0 Å². The number of aliphatic imine (C=N–C) groups is 1. The fourth-order valence-corrected chi connectivity index (χ4v) is 3.58. The van der Waals surface area contributed by atoms with Crippen molar-refractivity contribution in [2.75, 3.05) is 20.1 Å². The van der Waals surface area contributed by atoms with Gasteiger partial charge in [0.05, 0.1) is 5.01 Å². The van der Waals surface area contributed by atoms with Crippen LogP contribution in [0.15, 0.2) is 40.0 Å². The van der Waals surface area contributed by atoms with Gasteiger partial charge in [-0.05, 0) is 18.6 Å². The summed E-state index contributed by atoms with van der Waals surface area (Å²) >= 11 is 7.77. The summed E-state index contributed by atoms with van der Waals surface area (Å²) in [5.74, 6) is 1.84. The third kappa shape index (κ3) is 5.77. The van der Waals surface area contributed by atoms with Crippen LogP contribution in [0.25, 0.3) is 11.4 Å². The van der Waals surface area contributed by atoms with E-state index in [1.807, 2.05) is 30.5 Å². The molecule has 28 heavy (non-hydrogen) atoms. The monoisotopic (exact) mass is 418 g/mol. The van der Waals surface area contributed by atoms with Crippen molar-refractivity contribution in [2.24, 2.45) is 4.99 Å². The van der Waals surface area contributed by atoms with Crippen molar-refractivity contribution in [3.8, 4) is 11.4 Å². The largest absolute Gasteiger partial charge is 0.356 e. The lowest BCUT2D eigenvalue weighted by Gasteiger charge is -2.10. The maximum Gasteiger partial charge on any atom is 0.228 e. The predicted molar refractivity (Wildman–Crippen MR) is 113 cm³/mol. The number of rotatable bonds is 8. The van der Waals surface area contributed by atoms with E-state index in [-0.39, 0.29) is 0 Å². The van der Waals surface area contributed by atoms with Gasteiger partial charge in [-0.1, -0.05) is 35.8 Å². The first-order chi connectivity index (χ1) is 13.7. The topological polar surface area (TPSA) is 88.2 Å². The molecule has 0 amide bonds. The Bertz CT molecular complexity index is 923. The average Bonchev–Trinajstić information content (AvgIpc) is 3.36. The summed E-state index contributed by atoms with van der Waals surface area (Å²) in [6.07, 6.45) is 4.46. The molecule has 0 unspecified atom stereocenters. The Morgan fingerprint density at radius 1 is 1.25 bits per heavy atom. The lowest BCUT2D eigenvalue weighted by atomic mass is 10.2. The zero-order valence-corrected chi connectivity index (χ0v) is 17.5. The SMILES string of the molecule is CCc1cnc(CCNC(=NC)NCCc2nc(-c3cccc(Cl)c3)no2)s1. The van der Waals surface area contributed by atoms with Gasteiger partial charge in [0.2, 0.25) is 11.7 Å². The van der Waals surface area contributed by atoms with Crippen LogP contribution in [0.2, 0.25) is 5.02 Å². The summed E-state index contributed by atoms with van der Waals surface area (Å²) in [5.41, 5.74) is 0.835. The van der Waals surface area contributed by atoms with Gasteiger partial charge >= 0.3 is 0 Å². The van der Waals surface area contributed by atoms with E-state index in [1.165, 1.54) is 4.88 Å². The minimum absolute atomic E-state index is 0.537. The van der Waals surface area contributed by atoms with Gasteiger partial charge in [0.15, 0.2) is 5.96 Å². The Balaban J connectivity index is 1.42. The second-order valence-electron chi connectivity index (χ2n) is 6.02. The van der Waals surface area contributed by atoms with E-state index >= 15 is 0 Å². The Morgan fingerprint density at radius 3 is 2.79 bits per heavy atom. The molecule has 0 radical (unpaired) electrons. The molecule has 2 aromatic heterocycles. The number of benzene rings is 1. The van der Waals surface area contributed by atoms with Crippen LogP contribution in [-0.2, 0) is 19.3 Å². The second kappa shape index (κ2) is 10.2. The van der Waals surface area contributed by atoms with Crippen LogP contribution in [0.4, 0.5) is 0 Å². The highest BCUT2D eigenvalue weighted by Gasteiger charge is 2.09. The third-order valence-electron chi connectivity index (χ3n) is 3.99. The highest BCUT2D eigenvalue weighted by Crippen LogP contribution is 2.19. The molecular formula is C19H23ClN6OS. The normalized spacial score (nSPS) is 11.6. The number of thiazole rings is 1. The molecule has 0 fully saturated rings. The van der Waals surface area contributed by atoms with E-state index in [4.69, 9.17) is 16.1 Å². The number of hydrogen-bond donors (Lipinski definition) is 2. The number of aromatic nitrogens is 3. The van der Waals surface area contributed by atoms with E-state index in [2.05, 4.69) is 37.7 Å². The fraction of sp³-hybridized carbons (Fsp3) is 0.368. The maximum atomic E-state index is 6.01. The third-order valence-corrected chi connectivity index (χ3v) is 5.42. The van der Waals surface area contributed by atoms with Crippen LogP contribution in [0.5, 0.6) is 0 Å². The highest BCUT2D eigenvalue weighted by atomic mass is 35.5. The molecule has 3 aromatic rings. The zero-order chi connectivity index (χ0) is 19.8. The molecule has 0 aliphatic carbocycles. The zero-order valence-electron chi connectivity index (χ0n) is 15.9. The first-order valence-electron chi connectivity index (χ1n) is 9.14. The number of nitrogens with one attached hydrogen (secondary N) is 2. The van der Waals surface area contributed by atoms with Gasteiger partial charge in [0.25, 0.3) is 0 Å². The lowest BCUT2D eigenvalue weighted by molar-refractivity contribution is 0.378. The number of nitrogens with zero attached hydrogens (tertiary/aromatic N) is 4. The standard InChI is InChI=1S/C19H23ClN6OS/c1-3-15-12-24-17(28-15)8-10-23-19(21-2)22-9-7-16-25-18(26-27-16)13-5-4-6-14(20)11-13/h4-6,11-12H,3,7-10H2,1-2H3,(H2,21,22,23). The van der Waals surface area contributed by atoms with Crippen LogP contribution in [0.1, 0.15) is 22.7 Å². The molecular weight excluding hydrogens is 396 g/mol. The Labute approximate surface area is 173 Å². The molecule has 0 atom stereocenters. The predicted octanol–water partition coefficient (Wildman–Crippen LogP) is 3.36. The van der Waals surface area contributed by atoms with Gasteiger partial charge < -0.3 is 15.2 Å². The molecule has 0 aliphatic rings. The Morgan fingerprint density at radius 2 is 2.07 bits per heavy atom. The molecule has 0 spiro atoms. The molecule has 148 valence electrons. The van der Waals surface area contributed by atoms with Crippen LogP contribution >= 0.6 is 22.9 Å². The van der Waals surface area contributed by atoms with Crippen LogP contribution in [0, 0.1) is 0 Å². The minimum Gasteiger partial charge on any atom is -0.356 e. The molecule has 0 saturated carbocycles. The van der Waals surface area contributed by atoms with E-state index < -0.39 is 0 Å². The van der Waals surface area contributed by atoms with Crippen molar-refractivity contribution in [2.45, 2.75) is 26.2 Å². The summed E-state index contributed by atoms with van der Waals surface area (Å²) < 4.78 is 5.31. The van der Waals surface area contributed by atoms with Crippen molar-refractivity contribution in [1.82, 2.24) is 25.8 Å². The number of halogens is 1. The van der Waals surface area contributed by atoms with Crippen molar-refractivity contribution in [1.29, 1.82) is 0 Å². The molecule has 1 aromatic carbocycles. The first-order valence-corrected chi connectivity index (χ1v) is 10.3. The molecule has 3 rings (SSSR count). The molecule has 7 nitrogen and oxygen atoms in total. The van der Waals surface area contributed by atoms with Crippen LogP contribution in [-0.4, -0.2) is 41.2 Å². The maximum absolute atomic E-state index is 6.01. The van der Waals surface area contributed by atoms with Crippen LogP contribution in [0.3, 0.4) is 0 Å². The van der Waals surface area contributed by atoms with Crippen molar-refractivity contribution < 1.29 is 4.52 Å². The van der Waals surface area contributed by atoms with Crippen LogP contribution < -0.4 is 10.6 Å². The van der Waals surface area contributed by atoms with Crippen molar-refractivity contribution in [3.63, 3.8) is 0 Å². The molecule has 0 bridgehead atoms. The average molecular weight is 419 g/mol. The van der Waals surface area contributed by atoms with Gasteiger partial charge in [-0.25, -0.2) is 4.98 Å². The quantitative estimate of drug-likeness (QED) is 0.430. The summed E-state index contributed by atoms with van der Waals surface area (Å²) in [5, 5.41) is 12.3. The van der Waals surface area contributed by atoms with Crippen molar-refractivity contribution in [3.05, 3.63) is 51.3 Å². The lowest BCUT2D eigenvalue weighted by Crippen LogP contribution is -2.39. The number of guanidine groups is 1. The first kappa shape index (κ1) is 20.3. The van der Waals surface area contributed by atoms with Gasteiger partial charge in [-0.3, -0.25) is 4.99 Å². The highest BCUT2D eigenvalue weighted by molar-refractivity contribution is 7.11. The summed E-state index contributed by atoms with van der Waals surface area (Å²) in [7, 11) is 1.75. The van der Waals surface area contributed by atoms with E-state index in [0.29, 0.717) is 29.7 Å².